The zero-order valence-corrected chi connectivity index (χ0v) is 17.2. The van der Waals surface area contributed by atoms with Gasteiger partial charge in [-0.15, -0.1) is 11.3 Å². The molecule has 7 heteroatoms. The zero-order valence-electron chi connectivity index (χ0n) is 15.6. The highest BCUT2D eigenvalue weighted by Crippen LogP contribution is 2.25. The summed E-state index contributed by atoms with van der Waals surface area (Å²) in [5.41, 5.74) is 0. The molecule has 1 saturated heterocycles. The van der Waals surface area contributed by atoms with Gasteiger partial charge in [0.1, 0.15) is 0 Å². The Balaban J connectivity index is 1.42. The highest BCUT2D eigenvalue weighted by Gasteiger charge is 2.30. The lowest BCUT2D eigenvalue weighted by molar-refractivity contribution is 0.0928. The molecule has 28 heavy (non-hydrogen) atoms. The Labute approximate surface area is 169 Å². The van der Waals surface area contributed by atoms with E-state index in [1.54, 1.807) is 12.1 Å². The zero-order chi connectivity index (χ0) is 19.7. The third-order valence-electron chi connectivity index (χ3n) is 5.11. The van der Waals surface area contributed by atoms with Crippen molar-refractivity contribution in [1.29, 1.82) is 0 Å². The van der Waals surface area contributed by atoms with Crippen LogP contribution < -0.4 is 5.32 Å². The van der Waals surface area contributed by atoms with E-state index in [1.807, 2.05) is 49.4 Å². The summed E-state index contributed by atoms with van der Waals surface area (Å²) in [6, 6.07) is 16.7. The molecule has 146 valence electrons. The molecular weight excluding hydrogens is 392 g/mol. The van der Waals surface area contributed by atoms with Crippen LogP contribution in [0.15, 0.2) is 59.5 Å². The van der Waals surface area contributed by atoms with Gasteiger partial charge < -0.3 is 5.32 Å². The Hall–Kier alpha value is -2.22. The Morgan fingerprint density at radius 1 is 1.04 bits per heavy atom. The number of carbonyl (C=O) groups is 1. The van der Waals surface area contributed by atoms with Crippen molar-refractivity contribution in [2.24, 2.45) is 0 Å². The summed E-state index contributed by atoms with van der Waals surface area (Å²) in [4.78, 5) is 14.4. The molecule has 0 aliphatic carbocycles. The predicted octanol–water partition coefficient (Wildman–Crippen LogP) is 3.79. The first kappa shape index (κ1) is 19.1. The second-order valence-corrected chi connectivity index (χ2v) is 10.3. The van der Waals surface area contributed by atoms with Gasteiger partial charge in [0, 0.05) is 24.0 Å². The van der Waals surface area contributed by atoms with E-state index < -0.39 is 10.0 Å². The van der Waals surface area contributed by atoms with Crippen molar-refractivity contribution in [1.82, 2.24) is 9.62 Å². The van der Waals surface area contributed by atoms with Gasteiger partial charge in [-0.05, 0) is 54.8 Å². The molecule has 1 aromatic heterocycles. The van der Waals surface area contributed by atoms with Crippen LogP contribution in [0, 0.1) is 6.92 Å². The van der Waals surface area contributed by atoms with Crippen LogP contribution in [0.3, 0.4) is 0 Å². The van der Waals surface area contributed by atoms with Crippen LogP contribution in [-0.4, -0.2) is 37.8 Å². The summed E-state index contributed by atoms with van der Waals surface area (Å²) in [6.45, 7) is 2.78. The van der Waals surface area contributed by atoms with Crippen LogP contribution in [0.2, 0.25) is 0 Å². The summed E-state index contributed by atoms with van der Waals surface area (Å²) in [5, 5.41) is 4.97. The van der Waals surface area contributed by atoms with Crippen LogP contribution >= 0.6 is 11.3 Å². The number of carbonyl (C=O) groups excluding carboxylic acids is 1. The lowest BCUT2D eigenvalue weighted by atomic mass is 10.1. The molecule has 2 heterocycles. The number of thiophene rings is 1. The molecule has 0 bridgehead atoms. The molecule has 1 aliphatic heterocycles. The molecule has 0 radical (unpaired) electrons. The van der Waals surface area contributed by atoms with E-state index in [4.69, 9.17) is 0 Å². The number of hydrogen-bond donors (Lipinski definition) is 1. The summed E-state index contributed by atoms with van der Waals surface area (Å²) < 4.78 is 27.6. The van der Waals surface area contributed by atoms with Gasteiger partial charge in [-0.1, -0.05) is 30.3 Å². The van der Waals surface area contributed by atoms with E-state index in [9.17, 15) is 13.2 Å². The van der Waals surface area contributed by atoms with Crippen LogP contribution in [0.1, 0.15) is 27.4 Å². The predicted molar refractivity (Wildman–Crippen MR) is 112 cm³/mol. The Morgan fingerprint density at radius 2 is 1.75 bits per heavy atom. The molecule has 1 fully saturated rings. The number of fused-ring (bicyclic) bond motifs is 1. The average Bonchev–Trinajstić information content (AvgIpc) is 3.14. The number of benzene rings is 2. The number of nitrogens with one attached hydrogen (secondary N) is 1. The first-order valence-corrected chi connectivity index (χ1v) is 11.6. The maximum atomic E-state index is 13.0. The molecule has 3 aromatic rings. The second-order valence-electron chi connectivity index (χ2n) is 7.07. The van der Waals surface area contributed by atoms with Gasteiger partial charge in [0.15, 0.2) is 0 Å². The lowest BCUT2D eigenvalue weighted by Gasteiger charge is -2.31. The molecule has 0 spiro atoms. The summed E-state index contributed by atoms with van der Waals surface area (Å²) in [5.74, 6) is -0.0751. The van der Waals surface area contributed by atoms with E-state index in [1.165, 1.54) is 15.6 Å². The largest absolute Gasteiger partial charge is 0.349 e. The Morgan fingerprint density at radius 3 is 2.43 bits per heavy atom. The first-order chi connectivity index (χ1) is 13.4. The van der Waals surface area contributed by atoms with Crippen molar-refractivity contribution in [2.75, 3.05) is 13.1 Å². The van der Waals surface area contributed by atoms with Gasteiger partial charge in [0.25, 0.3) is 5.91 Å². The van der Waals surface area contributed by atoms with Crippen molar-refractivity contribution in [2.45, 2.75) is 30.7 Å². The number of piperidine rings is 1. The lowest BCUT2D eigenvalue weighted by Crippen LogP contribution is -2.46. The van der Waals surface area contributed by atoms with Gasteiger partial charge in [-0.2, -0.15) is 4.31 Å². The maximum absolute atomic E-state index is 13.0. The smallest absolute Gasteiger partial charge is 0.261 e. The van der Waals surface area contributed by atoms with Crippen molar-refractivity contribution in [3.05, 3.63) is 64.4 Å². The van der Waals surface area contributed by atoms with Crippen molar-refractivity contribution in [3.8, 4) is 0 Å². The summed E-state index contributed by atoms with van der Waals surface area (Å²) >= 11 is 1.47. The fourth-order valence-corrected chi connectivity index (χ4v) is 5.81. The van der Waals surface area contributed by atoms with Crippen LogP contribution in [0.25, 0.3) is 10.8 Å². The van der Waals surface area contributed by atoms with Crippen LogP contribution in [-0.2, 0) is 10.0 Å². The van der Waals surface area contributed by atoms with Gasteiger partial charge in [-0.25, -0.2) is 8.42 Å². The fourth-order valence-electron chi connectivity index (χ4n) is 3.53. The minimum atomic E-state index is -3.53. The summed E-state index contributed by atoms with van der Waals surface area (Å²) in [6.07, 6.45) is 1.23. The number of rotatable bonds is 4. The fraction of sp³-hybridized carbons (Fsp3) is 0.286. The van der Waals surface area contributed by atoms with Crippen LogP contribution in [0.4, 0.5) is 0 Å². The third kappa shape index (κ3) is 3.83. The van der Waals surface area contributed by atoms with Gasteiger partial charge >= 0.3 is 0 Å². The Bertz CT molecular complexity index is 1110. The molecule has 0 saturated carbocycles. The number of nitrogens with zero attached hydrogens (tertiary/aromatic N) is 1. The number of sulfonamides is 1. The van der Waals surface area contributed by atoms with Crippen LogP contribution in [0.5, 0.6) is 0 Å². The van der Waals surface area contributed by atoms with E-state index in [-0.39, 0.29) is 11.9 Å². The third-order valence-corrected chi connectivity index (χ3v) is 8.01. The standard InChI is InChI=1S/C21H22N2O3S2/c1-15-6-9-20(27-15)21(24)22-18-10-12-23(13-11-18)28(25,26)19-8-7-16-4-2-3-5-17(16)14-19/h2-9,14,18H,10-13H2,1H3,(H,22,24). The first-order valence-electron chi connectivity index (χ1n) is 9.30. The molecule has 1 aliphatic rings. The number of hydrogen-bond acceptors (Lipinski definition) is 4. The molecule has 4 rings (SSSR count). The molecule has 0 unspecified atom stereocenters. The molecule has 1 amide bonds. The summed E-state index contributed by atoms with van der Waals surface area (Å²) in [7, 11) is -3.53. The van der Waals surface area contributed by atoms with Crippen molar-refractivity contribution >= 4 is 38.0 Å². The van der Waals surface area contributed by atoms with Gasteiger partial charge in [-0.3, -0.25) is 4.79 Å². The van der Waals surface area contributed by atoms with E-state index in [0.717, 1.165) is 15.6 Å². The van der Waals surface area contributed by atoms with E-state index in [0.29, 0.717) is 35.7 Å². The quantitative estimate of drug-likeness (QED) is 0.706. The topological polar surface area (TPSA) is 66.5 Å². The molecule has 0 atom stereocenters. The van der Waals surface area contributed by atoms with Crippen molar-refractivity contribution < 1.29 is 13.2 Å². The van der Waals surface area contributed by atoms with Crippen molar-refractivity contribution in [3.63, 3.8) is 0 Å². The van der Waals surface area contributed by atoms with E-state index in [2.05, 4.69) is 5.32 Å². The number of amides is 1. The maximum Gasteiger partial charge on any atom is 0.261 e. The number of aryl methyl sites for hydroxylation is 1. The Kier molecular flexibility index (Phi) is 5.23. The second kappa shape index (κ2) is 7.66. The minimum Gasteiger partial charge on any atom is -0.349 e. The molecule has 2 aromatic carbocycles. The van der Waals surface area contributed by atoms with Gasteiger partial charge in [0.05, 0.1) is 9.77 Å². The SMILES string of the molecule is Cc1ccc(C(=O)NC2CCN(S(=O)(=O)c3ccc4ccccc4c3)CC2)s1. The molecule has 1 N–H and O–H groups in total. The average molecular weight is 415 g/mol. The van der Waals surface area contributed by atoms with E-state index >= 15 is 0 Å². The highest BCUT2D eigenvalue weighted by atomic mass is 32.2. The normalized spacial score (nSPS) is 16.3. The van der Waals surface area contributed by atoms with Gasteiger partial charge in [0.2, 0.25) is 10.0 Å². The highest BCUT2D eigenvalue weighted by molar-refractivity contribution is 7.89. The molecule has 5 nitrogen and oxygen atoms in total. The molecular formula is C21H22N2O3S2. The minimum absolute atomic E-state index is 0.00189. The monoisotopic (exact) mass is 414 g/mol.